The van der Waals surface area contributed by atoms with E-state index in [1.165, 1.54) is 6.92 Å². The van der Waals surface area contributed by atoms with E-state index < -0.39 is 84.3 Å². The van der Waals surface area contributed by atoms with Gasteiger partial charge in [-0.3, -0.25) is 4.79 Å². The molecule has 32 heavy (non-hydrogen) atoms. The van der Waals surface area contributed by atoms with E-state index in [1.54, 1.807) is 0 Å². The molecule has 3 rings (SSSR count). The molecule has 6 N–H and O–H groups in total. The molecule has 0 amide bonds. The van der Waals surface area contributed by atoms with Crippen LogP contribution >= 0.6 is 0 Å². The lowest BCUT2D eigenvalue weighted by atomic mass is 9.76. The van der Waals surface area contributed by atoms with Crippen molar-refractivity contribution >= 4 is 11.9 Å². The van der Waals surface area contributed by atoms with E-state index in [1.807, 2.05) is 0 Å². The fourth-order valence-corrected chi connectivity index (χ4v) is 4.67. The van der Waals surface area contributed by atoms with Gasteiger partial charge in [0.2, 0.25) is 6.29 Å². The Morgan fingerprint density at radius 3 is 2.38 bits per heavy atom. The Bertz CT molecular complexity index is 768. The van der Waals surface area contributed by atoms with Gasteiger partial charge in [0.05, 0.1) is 25.7 Å². The summed E-state index contributed by atoms with van der Waals surface area (Å²) in [5, 5.41) is 61.7. The van der Waals surface area contributed by atoms with E-state index in [2.05, 4.69) is 4.74 Å². The molecule has 2 fully saturated rings. The predicted octanol–water partition coefficient (Wildman–Crippen LogP) is -3.35. The van der Waals surface area contributed by atoms with Gasteiger partial charge in [-0.05, 0) is 6.92 Å². The van der Waals surface area contributed by atoms with E-state index >= 15 is 0 Å². The molecule has 2 heterocycles. The Kier molecular flexibility index (Phi) is 6.85. The van der Waals surface area contributed by atoms with Gasteiger partial charge in [-0.2, -0.15) is 0 Å². The molecule has 1 saturated carbocycles. The Hall–Kier alpha value is -1.84. The van der Waals surface area contributed by atoms with Crippen LogP contribution in [0.25, 0.3) is 0 Å². The molecule has 0 aromatic heterocycles. The van der Waals surface area contributed by atoms with Gasteiger partial charge in [0.15, 0.2) is 6.29 Å². The van der Waals surface area contributed by atoms with Crippen molar-refractivity contribution in [2.24, 2.45) is 5.92 Å². The van der Waals surface area contributed by atoms with Gasteiger partial charge in [0.1, 0.15) is 47.5 Å². The summed E-state index contributed by atoms with van der Waals surface area (Å²) in [6.45, 7) is 1.80. The first-order valence-corrected chi connectivity index (χ1v) is 9.91. The van der Waals surface area contributed by atoms with Crippen LogP contribution in [0.5, 0.6) is 0 Å². The number of esters is 2. The molecule has 10 atom stereocenters. The van der Waals surface area contributed by atoms with Crippen LogP contribution in [0.2, 0.25) is 0 Å². The van der Waals surface area contributed by atoms with Crippen molar-refractivity contribution in [2.45, 2.75) is 74.6 Å². The third-order valence-corrected chi connectivity index (χ3v) is 6.16. The van der Waals surface area contributed by atoms with Crippen LogP contribution in [0.3, 0.4) is 0 Å². The summed E-state index contributed by atoms with van der Waals surface area (Å²) in [4.78, 5) is 24.0. The number of hydrogen-bond acceptors (Lipinski definition) is 13. The molecular formula is C19H28O13. The van der Waals surface area contributed by atoms with Gasteiger partial charge in [-0.1, -0.05) is 0 Å². The zero-order valence-electron chi connectivity index (χ0n) is 17.7. The van der Waals surface area contributed by atoms with Gasteiger partial charge in [0, 0.05) is 13.3 Å². The van der Waals surface area contributed by atoms with Crippen molar-refractivity contribution in [2.75, 3.05) is 13.7 Å². The summed E-state index contributed by atoms with van der Waals surface area (Å²) in [7, 11) is 1.06. The minimum Gasteiger partial charge on any atom is -0.471 e. The Balaban J connectivity index is 1.99. The third kappa shape index (κ3) is 3.88. The van der Waals surface area contributed by atoms with Crippen molar-refractivity contribution in [3.05, 3.63) is 11.8 Å². The number of carbonyl (C=O) groups is 2. The molecule has 10 unspecified atom stereocenters. The lowest BCUT2D eigenvalue weighted by molar-refractivity contribution is -0.352. The van der Waals surface area contributed by atoms with Crippen LogP contribution in [0, 0.1) is 5.92 Å². The molecule has 0 aromatic rings. The van der Waals surface area contributed by atoms with Crippen LogP contribution in [-0.2, 0) is 33.3 Å². The average molecular weight is 464 g/mol. The molecule has 0 radical (unpaired) electrons. The van der Waals surface area contributed by atoms with E-state index in [0.29, 0.717) is 0 Å². The molecule has 1 aliphatic carbocycles. The second kappa shape index (κ2) is 8.83. The first-order chi connectivity index (χ1) is 14.9. The van der Waals surface area contributed by atoms with Crippen LogP contribution in [-0.4, -0.2) is 111 Å². The number of hydrogen-bond donors (Lipinski definition) is 6. The monoisotopic (exact) mass is 464 g/mol. The highest BCUT2D eigenvalue weighted by Gasteiger charge is 2.70. The van der Waals surface area contributed by atoms with Gasteiger partial charge in [-0.25, -0.2) is 4.79 Å². The minimum absolute atomic E-state index is 0.306. The summed E-state index contributed by atoms with van der Waals surface area (Å²) < 4.78 is 26.4. The largest absolute Gasteiger partial charge is 0.471 e. The number of methoxy groups -OCH3 is 1. The summed E-state index contributed by atoms with van der Waals surface area (Å²) >= 11 is 0. The van der Waals surface area contributed by atoms with E-state index in [-0.39, 0.29) is 6.42 Å². The second-order valence-electron chi connectivity index (χ2n) is 8.29. The average Bonchev–Trinajstić information content (AvgIpc) is 2.93. The summed E-state index contributed by atoms with van der Waals surface area (Å²) in [6, 6.07) is 0. The summed E-state index contributed by atoms with van der Waals surface area (Å²) in [6.07, 6.45) is -10.8. The molecule has 13 nitrogen and oxygen atoms in total. The van der Waals surface area contributed by atoms with E-state index in [9.17, 15) is 40.2 Å². The molecule has 182 valence electrons. The van der Waals surface area contributed by atoms with Crippen molar-refractivity contribution < 1.29 is 63.9 Å². The van der Waals surface area contributed by atoms with E-state index in [0.717, 1.165) is 20.3 Å². The summed E-state index contributed by atoms with van der Waals surface area (Å²) in [5.74, 6) is -3.17. The number of carbonyl (C=O) groups excluding carboxylic acids is 2. The maximum Gasteiger partial charge on any atom is 0.339 e. The van der Waals surface area contributed by atoms with Crippen molar-refractivity contribution in [3.8, 4) is 0 Å². The van der Waals surface area contributed by atoms with Crippen molar-refractivity contribution in [1.29, 1.82) is 0 Å². The summed E-state index contributed by atoms with van der Waals surface area (Å²) in [5.41, 5.74) is -4.39. The second-order valence-corrected chi connectivity index (χ2v) is 8.29. The zero-order chi connectivity index (χ0) is 24.0. The molecule has 0 aromatic carbocycles. The molecule has 0 bridgehead atoms. The molecular weight excluding hydrogens is 436 g/mol. The maximum atomic E-state index is 12.3. The van der Waals surface area contributed by atoms with E-state index in [4.69, 9.17) is 18.9 Å². The fourth-order valence-electron chi connectivity index (χ4n) is 4.67. The number of ether oxygens (including phenoxy) is 5. The molecule has 1 saturated heterocycles. The molecule has 2 aliphatic heterocycles. The van der Waals surface area contributed by atoms with Crippen LogP contribution in [0.4, 0.5) is 0 Å². The Morgan fingerprint density at radius 2 is 1.81 bits per heavy atom. The van der Waals surface area contributed by atoms with Gasteiger partial charge < -0.3 is 54.3 Å². The predicted molar refractivity (Wildman–Crippen MR) is 99.1 cm³/mol. The normalized spacial score (nSPS) is 46.0. The van der Waals surface area contributed by atoms with Crippen LogP contribution in [0.15, 0.2) is 11.8 Å². The Morgan fingerprint density at radius 1 is 1.16 bits per heavy atom. The highest BCUT2D eigenvalue weighted by Crippen LogP contribution is 2.54. The lowest BCUT2D eigenvalue weighted by Gasteiger charge is -2.47. The lowest BCUT2D eigenvalue weighted by Crippen LogP contribution is -2.63. The topological polar surface area (TPSA) is 202 Å². The van der Waals surface area contributed by atoms with Crippen LogP contribution in [0.1, 0.15) is 20.3 Å². The van der Waals surface area contributed by atoms with Gasteiger partial charge in [-0.15, -0.1) is 0 Å². The molecule has 0 spiro atoms. The van der Waals surface area contributed by atoms with Crippen molar-refractivity contribution in [1.82, 2.24) is 0 Å². The smallest absolute Gasteiger partial charge is 0.339 e. The first kappa shape index (κ1) is 24.8. The van der Waals surface area contributed by atoms with Crippen molar-refractivity contribution in [3.63, 3.8) is 0 Å². The first-order valence-electron chi connectivity index (χ1n) is 9.91. The van der Waals surface area contributed by atoms with Gasteiger partial charge in [0.25, 0.3) is 0 Å². The quantitative estimate of drug-likeness (QED) is 0.221. The number of fused-ring (bicyclic) bond motifs is 1. The number of aliphatic hydroxyl groups is 6. The maximum absolute atomic E-state index is 12.3. The zero-order valence-corrected chi connectivity index (χ0v) is 17.7. The van der Waals surface area contributed by atoms with Crippen LogP contribution < -0.4 is 0 Å². The Labute approximate surface area is 182 Å². The molecule has 13 heteroatoms. The molecule has 3 aliphatic rings. The standard InChI is InChI=1S/C19H28O13/c1-7(21)32-18(2)4-10(22)19(27)8(15(26)28-3)6-29-17(14(18)19)31-16-13(25)12(24)11(23)9(5-20)30-16/h6,9-14,16-17,20,22-25,27H,4-5H2,1-3H3. The third-order valence-electron chi connectivity index (χ3n) is 6.16. The SMILES string of the molecule is COC(=O)C1=COC(OC2OC(CO)C(O)C(O)C2O)C2C(C)(OC(C)=O)CC(O)C12O. The number of rotatable bonds is 5. The minimum atomic E-state index is -2.34. The number of aliphatic hydroxyl groups excluding tert-OH is 5. The highest BCUT2D eigenvalue weighted by molar-refractivity contribution is 5.91. The fraction of sp³-hybridized carbons (Fsp3) is 0.789. The van der Waals surface area contributed by atoms with Gasteiger partial charge >= 0.3 is 11.9 Å². The highest BCUT2D eigenvalue weighted by atomic mass is 16.8.